The van der Waals surface area contributed by atoms with Crippen molar-refractivity contribution in [2.75, 3.05) is 10.6 Å². The van der Waals surface area contributed by atoms with E-state index in [4.69, 9.17) is 4.74 Å². The Morgan fingerprint density at radius 3 is 2.38 bits per heavy atom. The van der Waals surface area contributed by atoms with E-state index in [0.29, 0.717) is 17.3 Å². The number of amides is 1. The van der Waals surface area contributed by atoms with E-state index in [1.807, 2.05) is 46.8 Å². The van der Waals surface area contributed by atoms with Crippen molar-refractivity contribution in [3.63, 3.8) is 0 Å². The van der Waals surface area contributed by atoms with Gasteiger partial charge in [0.05, 0.1) is 6.10 Å². The van der Waals surface area contributed by atoms with Gasteiger partial charge in [0.2, 0.25) is 5.95 Å². The Morgan fingerprint density at radius 1 is 1.12 bits per heavy atom. The Balaban J connectivity index is 2.05. The highest BCUT2D eigenvalue weighted by atomic mass is 16.5. The van der Waals surface area contributed by atoms with Crippen LogP contribution in [0.15, 0.2) is 36.5 Å². The minimum atomic E-state index is -0.285. The van der Waals surface area contributed by atoms with Gasteiger partial charge in [-0.3, -0.25) is 4.79 Å². The number of nitrogens with one attached hydrogen (secondary N) is 2. The van der Waals surface area contributed by atoms with Crippen molar-refractivity contribution in [1.82, 2.24) is 9.97 Å². The Bertz CT molecular complexity index is 691. The standard InChI is InChI=1S/C18H24N4O2/c1-12(2)24-14-8-6-13(7-9-14)20-16(23)15-10-11-19-17(21-15)22-18(3,4)5/h6-12H,1-5H3,(H,20,23)(H,19,21,22). The van der Waals surface area contributed by atoms with E-state index in [1.54, 1.807) is 24.4 Å². The third-order valence-corrected chi connectivity index (χ3v) is 2.86. The third-order valence-electron chi connectivity index (χ3n) is 2.86. The summed E-state index contributed by atoms with van der Waals surface area (Å²) in [6.07, 6.45) is 1.68. The molecule has 0 radical (unpaired) electrons. The van der Waals surface area contributed by atoms with E-state index >= 15 is 0 Å². The topological polar surface area (TPSA) is 76.1 Å². The van der Waals surface area contributed by atoms with Crippen molar-refractivity contribution >= 4 is 17.5 Å². The number of rotatable bonds is 5. The number of nitrogens with zero attached hydrogens (tertiary/aromatic N) is 2. The molecule has 2 N–H and O–H groups in total. The smallest absolute Gasteiger partial charge is 0.274 e. The van der Waals surface area contributed by atoms with Crippen LogP contribution in [0.1, 0.15) is 45.1 Å². The SMILES string of the molecule is CC(C)Oc1ccc(NC(=O)c2ccnc(NC(C)(C)C)n2)cc1. The largest absolute Gasteiger partial charge is 0.491 e. The molecule has 0 saturated carbocycles. The zero-order chi connectivity index (χ0) is 17.7. The summed E-state index contributed by atoms with van der Waals surface area (Å²) in [5.41, 5.74) is 0.806. The fourth-order valence-electron chi connectivity index (χ4n) is 1.96. The van der Waals surface area contributed by atoms with Crippen LogP contribution in [0.2, 0.25) is 0 Å². The Hall–Kier alpha value is -2.63. The first kappa shape index (κ1) is 17.7. The predicted molar refractivity (Wildman–Crippen MR) is 95.6 cm³/mol. The van der Waals surface area contributed by atoms with Crippen molar-refractivity contribution in [2.24, 2.45) is 0 Å². The van der Waals surface area contributed by atoms with Gasteiger partial charge in [0, 0.05) is 17.4 Å². The van der Waals surface area contributed by atoms with Gasteiger partial charge in [-0.05, 0) is 65.0 Å². The van der Waals surface area contributed by atoms with Crippen LogP contribution in [-0.2, 0) is 0 Å². The first-order chi connectivity index (χ1) is 11.2. The minimum absolute atomic E-state index is 0.111. The molecule has 6 heteroatoms. The van der Waals surface area contributed by atoms with Crippen LogP contribution in [-0.4, -0.2) is 27.5 Å². The first-order valence-electron chi connectivity index (χ1n) is 7.92. The Kier molecular flexibility index (Phi) is 5.39. The minimum Gasteiger partial charge on any atom is -0.491 e. The molecule has 6 nitrogen and oxygen atoms in total. The maximum atomic E-state index is 12.3. The maximum Gasteiger partial charge on any atom is 0.274 e. The highest BCUT2D eigenvalue weighted by Gasteiger charge is 2.14. The Morgan fingerprint density at radius 2 is 1.79 bits per heavy atom. The van der Waals surface area contributed by atoms with Crippen LogP contribution >= 0.6 is 0 Å². The van der Waals surface area contributed by atoms with Crippen LogP contribution in [0, 0.1) is 0 Å². The molecule has 24 heavy (non-hydrogen) atoms. The molecule has 0 unspecified atom stereocenters. The molecule has 0 spiro atoms. The maximum absolute atomic E-state index is 12.3. The summed E-state index contributed by atoms with van der Waals surface area (Å²) in [5.74, 6) is 0.907. The van der Waals surface area contributed by atoms with Crippen molar-refractivity contribution in [1.29, 1.82) is 0 Å². The quantitative estimate of drug-likeness (QED) is 0.874. The molecule has 0 fully saturated rings. The lowest BCUT2D eigenvalue weighted by atomic mass is 10.1. The zero-order valence-corrected chi connectivity index (χ0v) is 14.8. The molecule has 2 rings (SSSR count). The van der Waals surface area contributed by atoms with Crippen molar-refractivity contribution in [3.05, 3.63) is 42.2 Å². The molecule has 1 amide bonds. The van der Waals surface area contributed by atoms with Gasteiger partial charge in [0.15, 0.2) is 0 Å². The van der Waals surface area contributed by atoms with Crippen LogP contribution < -0.4 is 15.4 Å². The highest BCUT2D eigenvalue weighted by molar-refractivity contribution is 6.02. The monoisotopic (exact) mass is 328 g/mol. The summed E-state index contributed by atoms with van der Waals surface area (Å²) in [6, 6.07) is 8.82. The van der Waals surface area contributed by atoms with E-state index in [1.165, 1.54) is 0 Å². The molecule has 0 aliphatic heterocycles. The second-order valence-electron chi connectivity index (χ2n) is 6.79. The van der Waals surface area contributed by atoms with Gasteiger partial charge in [-0.2, -0.15) is 0 Å². The lowest BCUT2D eigenvalue weighted by Gasteiger charge is -2.20. The molecule has 0 atom stereocenters. The number of hydrogen-bond donors (Lipinski definition) is 2. The first-order valence-corrected chi connectivity index (χ1v) is 7.92. The molecular formula is C18H24N4O2. The van der Waals surface area contributed by atoms with Gasteiger partial charge in [-0.25, -0.2) is 9.97 Å². The lowest BCUT2D eigenvalue weighted by Crippen LogP contribution is -2.28. The van der Waals surface area contributed by atoms with Gasteiger partial charge in [0.1, 0.15) is 11.4 Å². The molecular weight excluding hydrogens is 304 g/mol. The summed E-state index contributed by atoms with van der Waals surface area (Å²) in [5, 5.41) is 5.96. The van der Waals surface area contributed by atoms with Crippen LogP contribution in [0.5, 0.6) is 5.75 Å². The van der Waals surface area contributed by atoms with Crippen molar-refractivity contribution in [2.45, 2.75) is 46.3 Å². The zero-order valence-electron chi connectivity index (χ0n) is 14.8. The number of aromatic nitrogens is 2. The number of anilines is 2. The fraction of sp³-hybridized carbons (Fsp3) is 0.389. The molecule has 1 aromatic carbocycles. The number of hydrogen-bond acceptors (Lipinski definition) is 5. The number of carbonyl (C=O) groups excluding carboxylic acids is 1. The number of carbonyl (C=O) groups is 1. The highest BCUT2D eigenvalue weighted by Crippen LogP contribution is 2.17. The normalized spacial score (nSPS) is 11.2. The molecule has 0 bridgehead atoms. The molecule has 128 valence electrons. The van der Waals surface area contributed by atoms with Crippen molar-refractivity contribution in [3.8, 4) is 5.75 Å². The third kappa shape index (κ3) is 5.53. The predicted octanol–water partition coefficient (Wildman–Crippen LogP) is 3.73. The van der Waals surface area contributed by atoms with Crippen LogP contribution in [0.4, 0.5) is 11.6 Å². The van der Waals surface area contributed by atoms with E-state index < -0.39 is 0 Å². The molecule has 1 aromatic heterocycles. The molecule has 0 aliphatic rings. The number of ether oxygens (including phenoxy) is 1. The summed E-state index contributed by atoms with van der Waals surface area (Å²) < 4.78 is 5.58. The van der Waals surface area contributed by atoms with Gasteiger partial charge in [-0.1, -0.05) is 0 Å². The van der Waals surface area contributed by atoms with Crippen LogP contribution in [0.25, 0.3) is 0 Å². The summed E-state index contributed by atoms with van der Waals surface area (Å²) >= 11 is 0. The van der Waals surface area contributed by atoms with E-state index in [-0.39, 0.29) is 17.6 Å². The van der Waals surface area contributed by atoms with Gasteiger partial charge in [-0.15, -0.1) is 0 Å². The van der Waals surface area contributed by atoms with Gasteiger partial charge < -0.3 is 15.4 Å². The second kappa shape index (κ2) is 7.29. The van der Waals surface area contributed by atoms with Gasteiger partial charge >= 0.3 is 0 Å². The van der Waals surface area contributed by atoms with Gasteiger partial charge in [0.25, 0.3) is 5.91 Å². The lowest BCUT2D eigenvalue weighted by molar-refractivity contribution is 0.102. The van der Waals surface area contributed by atoms with Crippen LogP contribution in [0.3, 0.4) is 0 Å². The Labute approximate surface area is 142 Å². The number of benzene rings is 1. The average Bonchev–Trinajstić information content (AvgIpc) is 2.47. The summed E-state index contributed by atoms with van der Waals surface area (Å²) in [4.78, 5) is 20.7. The van der Waals surface area contributed by atoms with E-state index in [0.717, 1.165) is 5.75 Å². The second-order valence-corrected chi connectivity index (χ2v) is 6.79. The van der Waals surface area contributed by atoms with E-state index in [2.05, 4.69) is 20.6 Å². The summed E-state index contributed by atoms with van der Waals surface area (Å²) in [7, 11) is 0. The molecule has 0 aliphatic carbocycles. The summed E-state index contributed by atoms with van der Waals surface area (Å²) in [6.45, 7) is 9.94. The van der Waals surface area contributed by atoms with Crippen molar-refractivity contribution < 1.29 is 9.53 Å². The molecule has 1 heterocycles. The van der Waals surface area contributed by atoms with E-state index in [9.17, 15) is 4.79 Å². The average molecular weight is 328 g/mol. The fourth-order valence-corrected chi connectivity index (χ4v) is 1.96. The molecule has 2 aromatic rings. The molecule has 0 saturated heterocycles.